The SMILES string of the molecule is CCCC(C#Cc1ccccc1)(c1ccccc1)c1cn(C)c2ccccc12. The highest BCUT2D eigenvalue weighted by atomic mass is 14.9. The van der Waals surface area contributed by atoms with Crippen molar-refractivity contribution in [2.75, 3.05) is 0 Å². The van der Waals surface area contributed by atoms with Gasteiger partial charge in [0.25, 0.3) is 0 Å². The van der Waals surface area contributed by atoms with Gasteiger partial charge in [0.05, 0.1) is 5.41 Å². The molecular formula is C27H25N. The van der Waals surface area contributed by atoms with Crippen molar-refractivity contribution in [3.05, 3.63) is 108 Å². The normalized spacial score (nSPS) is 12.9. The molecule has 1 heterocycles. The largest absolute Gasteiger partial charge is 0.350 e. The summed E-state index contributed by atoms with van der Waals surface area (Å²) in [7, 11) is 2.12. The van der Waals surface area contributed by atoms with Gasteiger partial charge < -0.3 is 4.57 Å². The zero-order chi connectivity index (χ0) is 19.4. The summed E-state index contributed by atoms with van der Waals surface area (Å²) in [5.74, 6) is 7.21. The molecule has 0 aliphatic heterocycles. The lowest BCUT2D eigenvalue weighted by molar-refractivity contribution is 0.591. The van der Waals surface area contributed by atoms with E-state index in [1.807, 2.05) is 18.2 Å². The van der Waals surface area contributed by atoms with Crippen molar-refractivity contribution in [1.29, 1.82) is 0 Å². The minimum atomic E-state index is -0.341. The number of para-hydroxylation sites is 1. The molecule has 0 saturated heterocycles. The monoisotopic (exact) mass is 363 g/mol. The lowest BCUT2D eigenvalue weighted by Gasteiger charge is -2.29. The molecule has 0 spiro atoms. The van der Waals surface area contributed by atoms with Gasteiger partial charge in [-0.1, -0.05) is 91.9 Å². The highest BCUT2D eigenvalue weighted by Gasteiger charge is 2.34. The van der Waals surface area contributed by atoms with E-state index >= 15 is 0 Å². The van der Waals surface area contributed by atoms with Crippen LogP contribution in [0.3, 0.4) is 0 Å². The van der Waals surface area contributed by atoms with Crippen molar-refractivity contribution in [1.82, 2.24) is 4.57 Å². The van der Waals surface area contributed by atoms with Crippen molar-refractivity contribution < 1.29 is 0 Å². The molecule has 1 nitrogen and oxygen atoms in total. The summed E-state index contributed by atoms with van der Waals surface area (Å²) in [4.78, 5) is 0. The van der Waals surface area contributed by atoms with Crippen molar-refractivity contribution >= 4 is 10.9 Å². The fraction of sp³-hybridized carbons (Fsp3) is 0.185. The Balaban J connectivity index is 2.01. The number of nitrogens with zero attached hydrogens (tertiary/aromatic N) is 1. The van der Waals surface area contributed by atoms with Gasteiger partial charge in [-0.15, -0.1) is 0 Å². The molecule has 0 aliphatic carbocycles. The van der Waals surface area contributed by atoms with Crippen LogP contribution in [0, 0.1) is 11.8 Å². The second kappa shape index (κ2) is 7.79. The molecule has 0 aliphatic rings. The van der Waals surface area contributed by atoms with Crippen LogP contribution in [0.15, 0.2) is 91.1 Å². The number of fused-ring (bicyclic) bond motifs is 1. The molecule has 28 heavy (non-hydrogen) atoms. The maximum Gasteiger partial charge on any atom is 0.0836 e. The summed E-state index contributed by atoms with van der Waals surface area (Å²) in [5.41, 5.74) is 4.51. The summed E-state index contributed by atoms with van der Waals surface area (Å²) < 4.78 is 2.22. The van der Waals surface area contributed by atoms with E-state index in [2.05, 4.69) is 103 Å². The van der Waals surface area contributed by atoms with Gasteiger partial charge in [0, 0.05) is 35.3 Å². The summed E-state index contributed by atoms with van der Waals surface area (Å²) >= 11 is 0. The second-order valence-corrected chi connectivity index (χ2v) is 7.31. The van der Waals surface area contributed by atoms with Crippen LogP contribution in [0.5, 0.6) is 0 Å². The Morgan fingerprint density at radius 2 is 1.46 bits per heavy atom. The topological polar surface area (TPSA) is 4.93 Å². The molecule has 0 bridgehead atoms. The van der Waals surface area contributed by atoms with Crippen LogP contribution in [0.25, 0.3) is 10.9 Å². The van der Waals surface area contributed by atoms with Gasteiger partial charge in [-0.25, -0.2) is 0 Å². The van der Waals surface area contributed by atoms with Gasteiger partial charge in [-0.05, 0) is 30.2 Å². The first-order valence-electron chi connectivity index (χ1n) is 9.93. The van der Waals surface area contributed by atoms with Crippen LogP contribution in [-0.2, 0) is 12.5 Å². The van der Waals surface area contributed by atoms with Crippen molar-refractivity contribution in [2.45, 2.75) is 25.2 Å². The molecule has 0 saturated carbocycles. The van der Waals surface area contributed by atoms with Crippen molar-refractivity contribution in [2.24, 2.45) is 7.05 Å². The predicted molar refractivity (Wildman–Crippen MR) is 118 cm³/mol. The number of rotatable bonds is 4. The smallest absolute Gasteiger partial charge is 0.0836 e. The van der Waals surface area contributed by atoms with Crippen LogP contribution in [0.2, 0.25) is 0 Å². The maximum atomic E-state index is 3.73. The first kappa shape index (κ1) is 18.1. The summed E-state index contributed by atoms with van der Waals surface area (Å²) in [6.07, 6.45) is 4.30. The van der Waals surface area contributed by atoms with E-state index in [-0.39, 0.29) is 5.41 Å². The molecule has 0 amide bonds. The third-order valence-corrected chi connectivity index (χ3v) is 5.44. The number of hydrogen-bond donors (Lipinski definition) is 0. The molecule has 138 valence electrons. The summed E-state index contributed by atoms with van der Waals surface area (Å²) in [5, 5.41) is 1.28. The van der Waals surface area contributed by atoms with E-state index in [0.29, 0.717) is 0 Å². The van der Waals surface area contributed by atoms with Crippen LogP contribution >= 0.6 is 0 Å². The van der Waals surface area contributed by atoms with Crippen molar-refractivity contribution in [3.63, 3.8) is 0 Å². The van der Waals surface area contributed by atoms with Gasteiger partial charge in [-0.2, -0.15) is 0 Å². The standard InChI is InChI=1S/C27H25N/c1-3-19-27(23-14-8-5-9-15-23,20-18-22-12-6-4-7-13-22)25-21-28(2)26-17-11-10-16-24(25)26/h4-17,21H,3,19H2,1-2H3. The Bertz CT molecular complexity index is 1130. The third-order valence-electron chi connectivity index (χ3n) is 5.44. The molecule has 4 aromatic rings. The van der Waals surface area contributed by atoms with Gasteiger partial charge in [-0.3, -0.25) is 0 Å². The van der Waals surface area contributed by atoms with E-state index in [1.54, 1.807) is 0 Å². The molecule has 0 fully saturated rings. The van der Waals surface area contributed by atoms with Gasteiger partial charge in [0.2, 0.25) is 0 Å². The molecule has 3 aromatic carbocycles. The van der Waals surface area contributed by atoms with Crippen LogP contribution < -0.4 is 0 Å². The Morgan fingerprint density at radius 1 is 0.821 bits per heavy atom. The lowest BCUT2D eigenvalue weighted by Crippen LogP contribution is -2.25. The van der Waals surface area contributed by atoms with Crippen molar-refractivity contribution in [3.8, 4) is 11.8 Å². The highest BCUT2D eigenvalue weighted by Crippen LogP contribution is 2.40. The highest BCUT2D eigenvalue weighted by molar-refractivity contribution is 5.86. The molecule has 4 rings (SSSR count). The fourth-order valence-corrected chi connectivity index (χ4v) is 4.12. The van der Waals surface area contributed by atoms with Gasteiger partial charge in [0.15, 0.2) is 0 Å². The van der Waals surface area contributed by atoms with E-state index in [0.717, 1.165) is 18.4 Å². The van der Waals surface area contributed by atoms with Crippen LogP contribution in [0.4, 0.5) is 0 Å². The number of benzene rings is 3. The number of aromatic nitrogens is 1. The maximum absolute atomic E-state index is 3.73. The molecule has 1 heteroatoms. The molecule has 1 unspecified atom stereocenters. The summed E-state index contributed by atoms with van der Waals surface area (Å²) in [6.45, 7) is 2.24. The molecule has 0 radical (unpaired) electrons. The zero-order valence-electron chi connectivity index (χ0n) is 16.5. The Kier molecular flexibility index (Phi) is 5.04. The van der Waals surface area contributed by atoms with E-state index in [4.69, 9.17) is 0 Å². The second-order valence-electron chi connectivity index (χ2n) is 7.31. The number of aryl methyl sites for hydroxylation is 1. The minimum absolute atomic E-state index is 0.341. The molecule has 1 aromatic heterocycles. The molecular weight excluding hydrogens is 338 g/mol. The average Bonchev–Trinajstić information content (AvgIpc) is 3.10. The third kappa shape index (κ3) is 3.23. The van der Waals surface area contributed by atoms with Crippen LogP contribution in [0.1, 0.15) is 36.5 Å². The average molecular weight is 364 g/mol. The quantitative estimate of drug-likeness (QED) is 0.374. The van der Waals surface area contributed by atoms with E-state index < -0.39 is 0 Å². The van der Waals surface area contributed by atoms with Gasteiger partial charge in [0.1, 0.15) is 0 Å². The zero-order valence-corrected chi connectivity index (χ0v) is 16.5. The summed E-state index contributed by atoms with van der Waals surface area (Å²) in [6, 6.07) is 29.7. The number of hydrogen-bond acceptors (Lipinski definition) is 0. The Morgan fingerprint density at radius 3 is 2.18 bits per heavy atom. The molecule has 1 atom stereocenters. The first-order chi connectivity index (χ1) is 13.7. The Hall–Kier alpha value is -3.24. The van der Waals surface area contributed by atoms with Gasteiger partial charge >= 0.3 is 0 Å². The van der Waals surface area contributed by atoms with E-state index in [9.17, 15) is 0 Å². The minimum Gasteiger partial charge on any atom is -0.350 e. The van der Waals surface area contributed by atoms with Crippen LogP contribution in [-0.4, -0.2) is 4.57 Å². The molecule has 0 N–H and O–H groups in total. The lowest BCUT2D eigenvalue weighted by atomic mass is 9.71. The first-order valence-corrected chi connectivity index (χ1v) is 9.93. The Labute approximate surface area is 167 Å². The predicted octanol–water partition coefficient (Wildman–Crippen LogP) is 6.32. The fourth-order valence-electron chi connectivity index (χ4n) is 4.12. The van der Waals surface area contributed by atoms with E-state index in [1.165, 1.54) is 22.0 Å².